The Balaban J connectivity index is 0.00000265. The van der Waals surface area contributed by atoms with Crippen molar-refractivity contribution in [1.29, 1.82) is 0 Å². The van der Waals surface area contributed by atoms with Gasteiger partial charge in [0.15, 0.2) is 17.5 Å². The van der Waals surface area contributed by atoms with Gasteiger partial charge in [-0.25, -0.2) is 15.0 Å². The van der Waals surface area contributed by atoms with Crippen LogP contribution in [0.15, 0.2) is 104 Å². The summed E-state index contributed by atoms with van der Waals surface area (Å²) < 4.78 is 0.910. The first-order valence-electron chi connectivity index (χ1n) is 10.8. The van der Waals surface area contributed by atoms with Gasteiger partial charge in [0.05, 0.1) is 0 Å². The van der Waals surface area contributed by atoms with E-state index in [0.717, 1.165) is 32.3 Å². The predicted octanol–water partition coefficient (Wildman–Crippen LogP) is 8.82. The highest BCUT2D eigenvalue weighted by Gasteiger charge is 2.14. The summed E-state index contributed by atoms with van der Waals surface area (Å²) in [5, 5.41) is 0. The van der Waals surface area contributed by atoms with Crippen LogP contribution >= 0.6 is 15.9 Å². The maximum absolute atomic E-state index is 4.77. The molecule has 0 aliphatic rings. The molecule has 0 bridgehead atoms. The number of nitrogens with zero attached hydrogens (tertiary/aromatic N) is 3. The second-order valence-electron chi connectivity index (χ2n) is 6.38. The van der Waals surface area contributed by atoms with E-state index in [-0.39, 0.29) is 0 Å². The van der Waals surface area contributed by atoms with Gasteiger partial charge in [0, 0.05) is 21.2 Å². The molecule has 3 nitrogen and oxygen atoms in total. The third-order valence-corrected chi connectivity index (χ3v) is 4.87. The number of halogens is 1. The monoisotopic (exact) mass is 501 g/mol. The van der Waals surface area contributed by atoms with E-state index in [2.05, 4.69) is 47.2 Å². The summed E-state index contributed by atoms with van der Waals surface area (Å²) in [6.07, 6.45) is 16.6. The van der Waals surface area contributed by atoms with Crippen LogP contribution in [0.5, 0.6) is 0 Å². The van der Waals surface area contributed by atoms with E-state index < -0.39 is 0 Å². The van der Waals surface area contributed by atoms with Crippen molar-refractivity contribution in [2.24, 2.45) is 0 Å². The lowest BCUT2D eigenvalue weighted by atomic mass is 10.0. The van der Waals surface area contributed by atoms with Crippen molar-refractivity contribution in [2.75, 3.05) is 0 Å². The first-order valence-corrected chi connectivity index (χ1v) is 11.6. The standard InChI is InChI=1S/C27H26BrN3.C2H6/c1-7-13-15-21(12-6)26-29-25(19(9-3)10-4)30-27(31-26)23-16-22(17-24(28)18-23)20(11-5)14-8-2;1-2/h7-18H,1-3,5H2,4,6H3;1-2H3/b15-13-,19-10+,20-14+,21-12+;. The summed E-state index contributed by atoms with van der Waals surface area (Å²) >= 11 is 3.61. The molecule has 0 N–H and O–H groups in total. The second kappa shape index (κ2) is 14.6. The number of rotatable bonds is 9. The van der Waals surface area contributed by atoms with Crippen molar-refractivity contribution in [3.63, 3.8) is 0 Å². The van der Waals surface area contributed by atoms with Crippen molar-refractivity contribution in [1.82, 2.24) is 15.0 Å². The molecule has 0 aliphatic carbocycles. The van der Waals surface area contributed by atoms with Gasteiger partial charge >= 0.3 is 0 Å². The highest BCUT2D eigenvalue weighted by atomic mass is 79.9. The van der Waals surface area contributed by atoms with Gasteiger partial charge in [0.1, 0.15) is 0 Å². The molecule has 0 spiro atoms. The zero-order valence-corrected chi connectivity index (χ0v) is 21.6. The normalized spacial score (nSPS) is 12.1. The van der Waals surface area contributed by atoms with Gasteiger partial charge < -0.3 is 0 Å². The van der Waals surface area contributed by atoms with Gasteiger partial charge in [-0.1, -0.05) is 111 Å². The van der Waals surface area contributed by atoms with E-state index in [1.165, 1.54) is 0 Å². The topological polar surface area (TPSA) is 38.7 Å². The third-order valence-electron chi connectivity index (χ3n) is 4.41. The van der Waals surface area contributed by atoms with Gasteiger partial charge in [-0.2, -0.15) is 0 Å². The van der Waals surface area contributed by atoms with E-state index in [1.54, 1.807) is 24.3 Å². The molecule has 0 saturated carbocycles. The fourth-order valence-electron chi connectivity index (χ4n) is 2.87. The van der Waals surface area contributed by atoms with Crippen molar-refractivity contribution in [3.8, 4) is 11.4 Å². The van der Waals surface area contributed by atoms with E-state index >= 15 is 0 Å². The van der Waals surface area contributed by atoms with Crippen LogP contribution in [-0.4, -0.2) is 15.0 Å². The molecule has 1 aromatic heterocycles. The highest BCUT2D eigenvalue weighted by Crippen LogP contribution is 2.29. The van der Waals surface area contributed by atoms with E-state index in [9.17, 15) is 0 Å². The first kappa shape index (κ1) is 27.7. The van der Waals surface area contributed by atoms with Crippen LogP contribution in [0.2, 0.25) is 0 Å². The van der Waals surface area contributed by atoms with Crippen LogP contribution in [0.4, 0.5) is 0 Å². The minimum absolute atomic E-state index is 0.566. The molecule has 2 aromatic rings. The van der Waals surface area contributed by atoms with Crippen LogP contribution < -0.4 is 0 Å². The van der Waals surface area contributed by atoms with E-state index in [1.807, 2.05) is 76.3 Å². The second-order valence-corrected chi connectivity index (χ2v) is 7.30. The zero-order chi connectivity index (χ0) is 24.8. The Morgan fingerprint density at radius 2 is 1.39 bits per heavy atom. The molecule has 170 valence electrons. The average molecular weight is 503 g/mol. The number of hydrogen-bond donors (Lipinski definition) is 0. The van der Waals surface area contributed by atoms with Gasteiger partial charge in [0.25, 0.3) is 0 Å². The molecular formula is C29H32BrN3. The molecule has 0 unspecified atom stereocenters. The Bertz CT molecular complexity index is 1130. The smallest absolute Gasteiger partial charge is 0.164 e. The Kier molecular flexibility index (Phi) is 12.3. The third kappa shape index (κ3) is 7.62. The van der Waals surface area contributed by atoms with Crippen LogP contribution in [-0.2, 0) is 0 Å². The minimum Gasteiger partial charge on any atom is -0.208 e. The number of aromatic nitrogens is 3. The molecule has 0 radical (unpaired) electrons. The summed E-state index contributed by atoms with van der Waals surface area (Å²) in [6.45, 7) is 23.2. The van der Waals surface area contributed by atoms with E-state index in [0.29, 0.717) is 17.5 Å². The molecule has 33 heavy (non-hydrogen) atoms. The quantitative estimate of drug-likeness (QED) is 0.322. The molecule has 4 heteroatoms. The molecule has 0 fully saturated rings. The average Bonchev–Trinajstić information content (AvgIpc) is 2.84. The molecule has 0 atom stereocenters. The molecule has 0 aliphatic heterocycles. The highest BCUT2D eigenvalue weighted by molar-refractivity contribution is 9.10. The van der Waals surface area contributed by atoms with Crippen LogP contribution in [0.25, 0.3) is 28.1 Å². The first-order chi connectivity index (χ1) is 16.0. The van der Waals surface area contributed by atoms with E-state index in [4.69, 9.17) is 9.97 Å². The number of benzene rings is 1. The van der Waals surface area contributed by atoms with Gasteiger partial charge in [-0.05, 0) is 43.2 Å². The fourth-order valence-corrected chi connectivity index (χ4v) is 3.36. The summed E-state index contributed by atoms with van der Waals surface area (Å²) in [5.74, 6) is 1.71. The van der Waals surface area contributed by atoms with Crippen molar-refractivity contribution in [3.05, 3.63) is 121 Å². The Morgan fingerprint density at radius 3 is 1.91 bits per heavy atom. The minimum atomic E-state index is 0.566. The van der Waals surface area contributed by atoms with Crippen molar-refractivity contribution < 1.29 is 0 Å². The van der Waals surface area contributed by atoms with Gasteiger partial charge in [-0.3, -0.25) is 0 Å². The van der Waals surface area contributed by atoms with Crippen LogP contribution in [0.3, 0.4) is 0 Å². The maximum Gasteiger partial charge on any atom is 0.164 e. The maximum atomic E-state index is 4.77. The molecule has 1 heterocycles. The summed E-state index contributed by atoms with van der Waals surface area (Å²) in [6, 6.07) is 6.04. The molecule has 2 rings (SSSR count). The van der Waals surface area contributed by atoms with Crippen LogP contribution in [0, 0.1) is 0 Å². The lowest BCUT2D eigenvalue weighted by molar-refractivity contribution is 1.00. The SMILES string of the molecule is C=C/C=C\C(=C/C)c1nc(/C(C=C)=C/C)nc(-c2cc(Br)cc(/C(C=C)=C/C=C)c2)n1.CC. The lowest BCUT2D eigenvalue weighted by Crippen LogP contribution is -2.04. The Labute approximate surface area is 207 Å². The predicted molar refractivity (Wildman–Crippen MR) is 150 cm³/mol. The summed E-state index contributed by atoms with van der Waals surface area (Å²) in [4.78, 5) is 14.2. The Hall–Kier alpha value is -3.37. The molecule has 1 aromatic carbocycles. The Morgan fingerprint density at radius 1 is 0.788 bits per heavy atom. The fraction of sp³-hybridized carbons (Fsp3) is 0.138. The van der Waals surface area contributed by atoms with Gasteiger partial charge in [0.2, 0.25) is 0 Å². The molecular weight excluding hydrogens is 470 g/mol. The largest absolute Gasteiger partial charge is 0.208 e. The van der Waals surface area contributed by atoms with Crippen molar-refractivity contribution >= 4 is 32.6 Å². The van der Waals surface area contributed by atoms with Gasteiger partial charge in [-0.15, -0.1) is 0 Å². The zero-order valence-electron chi connectivity index (χ0n) is 20.0. The lowest BCUT2D eigenvalue weighted by Gasteiger charge is -2.11. The molecule has 0 amide bonds. The van der Waals surface area contributed by atoms with Crippen molar-refractivity contribution in [2.45, 2.75) is 27.7 Å². The number of hydrogen-bond acceptors (Lipinski definition) is 3. The summed E-state index contributed by atoms with van der Waals surface area (Å²) in [5.41, 5.74) is 4.50. The molecule has 0 saturated heterocycles. The number of allylic oxidation sites excluding steroid dienone is 12. The summed E-state index contributed by atoms with van der Waals surface area (Å²) in [7, 11) is 0. The van der Waals surface area contributed by atoms with Crippen LogP contribution in [0.1, 0.15) is 44.9 Å².